The van der Waals surface area contributed by atoms with Gasteiger partial charge in [0.2, 0.25) is 0 Å². The molecule has 2 N–H and O–H groups in total. The molecule has 2 heterocycles. The SMILES string of the molecule is CC1CCN(c2ccc(C(=O)NC(C)(C)CO)cn2)CC1. The first-order valence-corrected chi connectivity index (χ1v) is 7.55. The number of aromatic nitrogens is 1. The summed E-state index contributed by atoms with van der Waals surface area (Å²) < 4.78 is 0. The second-order valence-electron chi connectivity index (χ2n) is 6.57. The van der Waals surface area contributed by atoms with Crippen LogP contribution in [-0.4, -0.2) is 41.2 Å². The van der Waals surface area contributed by atoms with Crippen LogP contribution >= 0.6 is 0 Å². The maximum atomic E-state index is 12.1. The molecule has 0 atom stereocenters. The fourth-order valence-corrected chi connectivity index (χ4v) is 2.36. The van der Waals surface area contributed by atoms with Gasteiger partial charge < -0.3 is 15.3 Å². The van der Waals surface area contributed by atoms with E-state index in [0.717, 1.165) is 24.8 Å². The van der Waals surface area contributed by atoms with E-state index in [1.54, 1.807) is 26.1 Å². The van der Waals surface area contributed by atoms with Crippen molar-refractivity contribution in [3.05, 3.63) is 23.9 Å². The smallest absolute Gasteiger partial charge is 0.253 e. The van der Waals surface area contributed by atoms with Crippen LogP contribution in [-0.2, 0) is 0 Å². The van der Waals surface area contributed by atoms with Gasteiger partial charge in [0.05, 0.1) is 17.7 Å². The number of pyridine rings is 1. The molecule has 0 saturated carbocycles. The molecule has 1 aliphatic rings. The molecular weight excluding hydrogens is 266 g/mol. The lowest BCUT2D eigenvalue weighted by Crippen LogP contribution is -2.46. The van der Waals surface area contributed by atoms with Crippen molar-refractivity contribution in [1.82, 2.24) is 10.3 Å². The van der Waals surface area contributed by atoms with Crippen molar-refractivity contribution in [3.8, 4) is 0 Å². The van der Waals surface area contributed by atoms with Gasteiger partial charge in [0.15, 0.2) is 0 Å². The summed E-state index contributed by atoms with van der Waals surface area (Å²) in [6.07, 6.45) is 3.99. The van der Waals surface area contributed by atoms with E-state index in [-0.39, 0.29) is 12.5 Å². The maximum absolute atomic E-state index is 12.1. The summed E-state index contributed by atoms with van der Waals surface area (Å²) in [5, 5.41) is 12.0. The molecule has 0 bridgehead atoms. The van der Waals surface area contributed by atoms with Crippen molar-refractivity contribution in [2.75, 3.05) is 24.6 Å². The van der Waals surface area contributed by atoms with Crippen molar-refractivity contribution in [2.45, 2.75) is 39.2 Å². The fourth-order valence-electron chi connectivity index (χ4n) is 2.36. The van der Waals surface area contributed by atoms with E-state index in [0.29, 0.717) is 5.56 Å². The number of carbonyl (C=O) groups is 1. The monoisotopic (exact) mass is 291 g/mol. The van der Waals surface area contributed by atoms with E-state index in [2.05, 4.69) is 22.1 Å². The van der Waals surface area contributed by atoms with Crippen LogP contribution in [0.1, 0.15) is 44.0 Å². The van der Waals surface area contributed by atoms with Gasteiger partial charge in [-0.3, -0.25) is 4.79 Å². The molecule has 21 heavy (non-hydrogen) atoms. The zero-order valence-electron chi connectivity index (χ0n) is 13.1. The average molecular weight is 291 g/mol. The highest BCUT2D eigenvalue weighted by molar-refractivity contribution is 5.94. The molecule has 0 aromatic carbocycles. The highest BCUT2D eigenvalue weighted by atomic mass is 16.3. The Morgan fingerprint density at radius 1 is 1.43 bits per heavy atom. The topological polar surface area (TPSA) is 65.5 Å². The van der Waals surface area contributed by atoms with E-state index in [4.69, 9.17) is 0 Å². The number of carbonyl (C=O) groups excluding carboxylic acids is 1. The van der Waals surface area contributed by atoms with Gasteiger partial charge in [-0.25, -0.2) is 4.98 Å². The zero-order valence-corrected chi connectivity index (χ0v) is 13.1. The summed E-state index contributed by atoms with van der Waals surface area (Å²) in [5.41, 5.74) is -0.107. The van der Waals surface area contributed by atoms with Crippen molar-refractivity contribution in [3.63, 3.8) is 0 Å². The van der Waals surface area contributed by atoms with Gasteiger partial charge in [-0.2, -0.15) is 0 Å². The van der Waals surface area contributed by atoms with Crippen LogP contribution in [0.2, 0.25) is 0 Å². The molecule has 1 aromatic heterocycles. The first kappa shape index (κ1) is 15.8. The number of aliphatic hydroxyl groups is 1. The quantitative estimate of drug-likeness (QED) is 0.888. The van der Waals surface area contributed by atoms with Gasteiger partial charge >= 0.3 is 0 Å². The summed E-state index contributed by atoms with van der Waals surface area (Å²) in [6, 6.07) is 3.69. The first-order chi connectivity index (χ1) is 9.91. The van der Waals surface area contributed by atoms with Gasteiger partial charge in [0, 0.05) is 19.3 Å². The number of piperidine rings is 1. The standard InChI is InChI=1S/C16H25N3O2/c1-12-6-8-19(9-7-12)14-5-4-13(10-17-14)15(21)18-16(2,3)11-20/h4-5,10,12,20H,6-9,11H2,1-3H3,(H,18,21). The molecule has 2 rings (SSSR count). The zero-order chi connectivity index (χ0) is 15.5. The number of rotatable bonds is 4. The summed E-state index contributed by atoms with van der Waals surface area (Å²) in [5.74, 6) is 1.51. The first-order valence-electron chi connectivity index (χ1n) is 7.55. The molecule has 1 fully saturated rings. The number of hydrogen-bond acceptors (Lipinski definition) is 4. The van der Waals surface area contributed by atoms with Gasteiger partial charge in [-0.1, -0.05) is 6.92 Å². The third-order valence-electron chi connectivity index (χ3n) is 3.96. The van der Waals surface area contributed by atoms with E-state index < -0.39 is 5.54 Å². The maximum Gasteiger partial charge on any atom is 0.253 e. The van der Waals surface area contributed by atoms with E-state index >= 15 is 0 Å². The normalized spacial score (nSPS) is 16.9. The minimum absolute atomic E-state index is 0.101. The summed E-state index contributed by atoms with van der Waals surface area (Å²) in [7, 11) is 0. The molecule has 5 nitrogen and oxygen atoms in total. The molecule has 0 radical (unpaired) electrons. The highest BCUT2D eigenvalue weighted by Crippen LogP contribution is 2.21. The second kappa shape index (κ2) is 6.43. The predicted molar refractivity (Wildman–Crippen MR) is 83.5 cm³/mol. The van der Waals surface area contributed by atoms with E-state index in [9.17, 15) is 9.90 Å². The Morgan fingerprint density at radius 2 is 2.10 bits per heavy atom. The summed E-state index contributed by atoms with van der Waals surface area (Å²) in [6.45, 7) is 7.79. The number of anilines is 1. The molecule has 1 aliphatic heterocycles. The predicted octanol–water partition coefficient (Wildman–Crippen LogP) is 1.82. The Kier molecular flexibility index (Phi) is 4.83. The van der Waals surface area contributed by atoms with E-state index in [1.165, 1.54) is 12.8 Å². The van der Waals surface area contributed by atoms with Crippen molar-refractivity contribution < 1.29 is 9.90 Å². The van der Waals surface area contributed by atoms with Crippen molar-refractivity contribution in [2.24, 2.45) is 5.92 Å². The molecule has 1 amide bonds. The van der Waals surface area contributed by atoms with Crippen LogP contribution in [0, 0.1) is 5.92 Å². The number of aliphatic hydroxyl groups excluding tert-OH is 1. The number of amides is 1. The lowest BCUT2D eigenvalue weighted by atomic mass is 9.99. The van der Waals surface area contributed by atoms with Crippen LogP contribution in [0.4, 0.5) is 5.82 Å². The Labute approximate surface area is 126 Å². The number of nitrogens with one attached hydrogen (secondary N) is 1. The lowest BCUT2D eigenvalue weighted by Gasteiger charge is -2.31. The largest absolute Gasteiger partial charge is 0.394 e. The van der Waals surface area contributed by atoms with Gasteiger partial charge in [0.1, 0.15) is 5.82 Å². The minimum Gasteiger partial charge on any atom is -0.394 e. The molecule has 0 aliphatic carbocycles. The van der Waals surface area contributed by atoms with Crippen LogP contribution in [0.25, 0.3) is 0 Å². The Bertz CT molecular complexity index is 477. The van der Waals surface area contributed by atoms with Crippen LogP contribution in [0.15, 0.2) is 18.3 Å². The van der Waals surface area contributed by atoms with Gasteiger partial charge in [0.25, 0.3) is 5.91 Å². The molecule has 1 saturated heterocycles. The van der Waals surface area contributed by atoms with Crippen molar-refractivity contribution in [1.29, 1.82) is 0 Å². The average Bonchev–Trinajstić information content (AvgIpc) is 2.48. The minimum atomic E-state index is -0.626. The molecular formula is C16H25N3O2. The van der Waals surface area contributed by atoms with Gasteiger partial charge in [-0.05, 0) is 44.7 Å². The number of nitrogens with zero attached hydrogens (tertiary/aromatic N) is 2. The third-order valence-corrected chi connectivity index (χ3v) is 3.96. The second-order valence-corrected chi connectivity index (χ2v) is 6.57. The van der Waals surface area contributed by atoms with Crippen molar-refractivity contribution >= 4 is 11.7 Å². The molecule has 0 unspecified atom stereocenters. The highest BCUT2D eigenvalue weighted by Gasteiger charge is 2.21. The Morgan fingerprint density at radius 3 is 2.62 bits per heavy atom. The van der Waals surface area contributed by atoms with E-state index in [1.807, 2.05) is 6.07 Å². The third kappa shape index (κ3) is 4.17. The van der Waals surface area contributed by atoms with Gasteiger partial charge in [-0.15, -0.1) is 0 Å². The molecule has 5 heteroatoms. The van der Waals surface area contributed by atoms with Crippen LogP contribution < -0.4 is 10.2 Å². The molecule has 0 spiro atoms. The number of hydrogen-bond donors (Lipinski definition) is 2. The molecule has 1 aromatic rings. The fraction of sp³-hybridized carbons (Fsp3) is 0.625. The van der Waals surface area contributed by atoms with Crippen LogP contribution in [0.3, 0.4) is 0 Å². The van der Waals surface area contributed by atoms with Crippen LogP contribution in [0.5, 0.6) is 0 Å². The summed E-state index contributed by atoms with van der Waals surface area (Å²) >= 11 is 0. The Balaban J connectivity index is 2.00. The Hall–Kier alpha value is -1.62. The lowest BCUT2D eigenvalue weighted by molar-refractivity contribution is 0.0869. The summed E-state index contributed by atoms with van der Waals surface area (Å²) in [4.78, 5) is 18.7. The molecule has 116 valence electrons.